The van der Waals surface area contributed by atoms with Crippen molar-refractivity contribution in [3.05, 3.63) is 66.2 Å². The minimum absolute atomic E-state index is 0.0143. The molecule has 1 amide bonds. The molecule has 4 rings (SSSR count). The predicted octanol–water partition coefficient (Wildman–Crippen LogP) is 5.74. The lowest BCUT2D eigenvalue weighted by Crippen LogP contribution is -2.37. The molecule has 0 fully saturated rings. The highest BCUT2D eigenvalue weighted by atomic mass is 32.2. The molecular formula is C33H40N2O8S2. The number of aromatic hydroxyl groups is 2. The van der Waals surface area contributed by atoms with Gasteiger partial charge in [0.25, 0.3) is 5.91 Å². The van der Waals surface area contributed by atoms with Crippen LogP contribution in [0, 0.1) is 5.41 Å². The SMILES string of the molecule is CCCCC1(CC)CN(c2ccccc2)c2cc(SC)c(OCC(=O)NC(C(=O)OC)c3cccc(O)c3O)cc2S(=O)(=O)C1. The number of thioether (sulfide) groups is 1. The second-order valence-corrected chi connectivity index (χ2v) is 13.9. The van der Waals surface area contributed by atoms with E-state index in [-0.39, 0.29) is 22.0 Å². The van der Waals surface area contributed by atoms with Crippen molar-refractivity contribution >= 4 is 44.9 Å². The number of phenols is 2. The maximum Gasteiger partial charge on any atom is 0.333 e. The Labute approximate surface area is 268 Å². The summed E-state index contributed by atoms with van der Waals surface area (Å²) in [6.45, 7) is 4.12. The Morgan fingerprint density at radius 2 is 1.82 bits per heavy atom. The van der Waals surface area contributed by atoms with Gasteiger partial charge in [-0.1, -0.05) is 57.0 Å². The highest BCUT2D eigenvalue weighted by Crippen LogP contribution is 2.47. The molecule has 2 atom stereocenters. The molecule has 0 aromatic heterocycles. The molecule has 1 heterocycles. The number of esters is 1. The number of unbranched alkanes of at least 4 members (excludes halogenated alkanes) is 1. The van der Waals surface area contributed by atoms with Crippen LogP contribution in [0.15, 0.2) is 70.5 Å². The van der Waals surface area contributed by atoms with Gasteiger partial charge in [0.1, 0.15) is 5.75 Å². The summed E-state index contributed by atoms with van der Waals surface area (Å²) in [7, 11) is -2.65. The smallest absolute Gasteiger partial charge is 0.333 e. The van der Waals surface area contributed by atoms with Gasteiger partial charge in [0.15, 0.2) is 34.0 Å². The number of carbonyl (C=O) groups excluding carboxylic acids is 2. The number of hydrogen-bond acceptors (Lipinski definition) is 10. The summed E-state index contributed by atoms with van der Waals surface area (Å²) in [5.74, 6) is -2.43. The first-order valence-electron chi connectivity index (χ1n) is 14.8. The molecule has 1 aliphatic heterocycles. The van der Waals surface area contributed by atoms with Crippen molar-refractivity contribution in [2.45, 2.75) is 55.4 Å². The fourth-order valence-corrected chi connectivity index (χ4v) is 8.38. The number of carbonyl (C=O) groups is 2. The number of nitrogens with one attached hydrogen (secondary N) is 1. The zero-order chi connectivity index (χ0) is 32.8. The third-order valence-corrected chi connectivity index (χ3v) is 10.9. The van der Waals surface area contributed by atoms with Crippen molar-refractivity contribution in [1.29, 1.82) is 0 Å². The van der Waals surface area contributed by atoms with E-state index in [0.29, 0.717) is 23.5 Å². The molecule has 45 heavy (non-hydrogen) atoms. The van der Waals surface area contributed by atoms with Crippen LogP contribution in [0.4, 0.5) is 11.4 Å². The van der Waals surface area contributed by atoms with Crippen LogP contribution in [-0.2, 0) is 24.2 Å². The molecule has 242 valence electrons. The minimum atomic E-state index is -3.78. The molecule has 3 N–H and O–H groups in total. The van der Waals surface area contributed by atoms with Crippen LogP contribution in [0.3, 0.4) is 0 Å². The summed E-state index contributed by atoms with van der Waals surface area (Å²) < 4.78 is 38.9. The van der Waals surface area contributed by atoms with Gasteiger partial charge in [0.2, 0.25) is 0 Å². The van der Waals surface area contributed by atoms with Crippen molar-refractivity contribution in [1.82, 2.24) is 5.32 Å². The Bertz CT molecular complexity index is 1630. The third kappa shape index (κ3) is 7.50. The average molecular weight is 657 g/mol. The maximum absolute atomic E-state index is 14.1. The molecule has 3 aromatic rings. The zero-order valence-corrected chi connectivity index (χ0v) is 27.5. The molecule has 10 nitrogen and oxygen atoms in total. The van der Waals surface area contributed by atoms with E-state index in [2.05, 4.69) is 17.1 Å². The van der Waals surface area contributed by atoms with Crippen molar-refractivity contribution in [3.63, 3.8) is 0 Å². The van der Waals surface area contributed by atoms with Crippen LogP contribution in [0.25, 0.3) is 0 Å². The number of benzene rings is 3. The van der Waals surface area contributed by atoms with Gasteiger partial charge in [-0.2, -0.15) is 0 Å². The average Bonchev–Trinajstić information content (AvgIpc) is 3.14. The fourth-order valence-electron chi connectivity index (χ4n) is 5.65. The molecule has 0 saturated carbocycles. The van der Waals surface area contributed by atoms with E-state index < -0.39 is 51.3 Å². The molecule has 0 radical (unpaired) electrons. The Balaban J connectivity index is 1.70. The molecule has 12 heteroatoms. The quantitative estimate of drug-likeness (QED) is 0.125. The summed E-state index contributed by atoms with van der Waals surface area (Å²) in [5.41, 5.74) is 0.915. The molecule has 0 spiro atoms. The largest absolute Gasteiger partial charge is 0.504 e. The van der Waals surface area contributed by atoms with Crippen LogP contribution >= 0.6 is 11.8 Å². The highest BCUT2D eigenvalue weighted by molar-refractivity contribution is 7.98. The number of rotatable bonds is 12. The highest BCUT2D eigenvalue weighted by Gasteiger charge is 2.42. The van der Waals surface area contributed by atoms with Crippen molar-refractivity contribution in [2.24, 2.45) is 5.41 Å². The Hall–Kier alpha value is -3.90. The van der Waals surface area contributed by atoms with Crippen molar-refractivity contribution < 1.29 is 37.7 Å². The minimum Gasteiger partial charge on any atom is -0.504 e. The zero-order valence-electron chi connectivity index (χ0n) is 25.9. The summed E-state index contributed by atoms with van der Waals surface area (Å²) in [6.07, 6.45) is 5.17. The Morgan fingerprint density at radius 3 is 2.47 bits per heavy atom. The number of nitrogens with zero attached hydrogens (tertiary/aromatic N) is 1. The van der Waals surface area contributed by atoms with Crippen molar-refractivity contribution in [3.8, 4) is 17.2 Å². The third-order valence-electron chi connectivity index (χ3n) is 8.20. The predicted molar refractivity (Wildman–Crippen MR) is 174 cm³/mol. The van der Waals surface area contributed by atoms with E-state index in [1.54, 1.807) is 6.07 Å². The number of anilines is 2. The number of phenolic OH excluding ortho intramolecular Hbond substituents is 2. The number of amides is 1. The van der Waals surface area contributed by atoms with Gasteiger partial charge in [-0.05, 0) is 43.4 Å². The van der Waals surface area contributed by atoms with Crippen LogP contribution in [0.1, 0.15) is 51.1 Å². The first-order valence-corrected chi connectivity index (χ1v) is 17.6. The summed E-state index contributed by atoms with van der Waals surface area (Å²) in [6, 6.07) is 15.6. The Morgan fingerprint density at radius 1 is 1.09 bits per heavy atom. The Kier molecular flexibility index (Phi) is 10.9. The van der Waals surface area contributed by atoms with Crippen LogP contribution in [-0.4, -0.2) is 62.8 Å². The lowest BCUT2D eigenvalue weighted by atomic mass is 9.81. The topological polar surface area (TPSA) is 142 Å². The molecule has 0 bridgehead atoms. The lowest BCUT2D eigenvalue weighted by molar-refractivity contribution is -0.145. The second kappa shape index (κ2) is 14.5. The first-order chi connectivity index (χ1) is 21.5. The molecule has 1 aliphatic rings. The van der Waals surface area contributed by atoms with Crippen LogP contribution in [0.5, 0.6) is 17.2 Å². The van der Waals surface area contributed by atoms with Gasteiger partial charge < -0.3 is 29.9 Å². The first kappa shape index (κ1) is 34.0. The molecule has 3 aromatic carbocycles. The van der Waals surface area contributed by atoms with Crippen molar-refractivity contribution in [2.75, 3.05) is 37.2 Å². The number of hydrogen-bond donors (Lipinski definition) is 3. The number of para-hydroxylation sites is 2. The normalized spacial score (nSPS) is 17.9. The van der Waals surface area contributed by atoms with Gasteiger partial charge in [-0.3, -0.25) is 4.79 Å². The number of ether oxygens (including phenoxy) is 2. The van der Waals surface area contributed by atoms with Gasteiger partial charge in [-0.25, -0.2) is 13.2 Å². The number of methoxy groups -OCH3 is 1. The van der Waals surface area contributed by atoms with Gasteiger partial charge in [0.05, 0.1) is 28.3 Å². The van der Waals surface area contributed by atoms with Crippen LogP contribution in [0.2, 0.25) is 0 Å². The van der Waals surface area contributed by atoms with E-state index in [1.807, 2.05) is 43.5 Å². The van der Waals surface area contributed by atoms with Gasteiger partial charge in [0, 0.05) is 29.3 Å². The van der Waals surface area contributed by atoms with Gasteiger partial charge >= 0.3 is 5.97 Å². The van der Waals surface area contributed by atoms with E-state index in [9.17, 15) is 28.2 Å². The van der Waals surface area contributed by atoms with E-state index >= 15 is 0 Å². The fraction of sp³-hybridized carbons (Fsp3) is 0.394. The lowest BCUT2D eigenvalue weighted by Gasteiger charge is -2.36. The van der Waals surface area contributed by atoms with E-state index in [1.165, 1.54) is 36.0 Å². The number of fused-ring (bicyclic) bond motifs is 1. The number of sulfone groups is 1. The van der Waals surface area contributed by atoms with E-state index in [4.69, 9.17) is 9.47 Å². The molecular weight excluding hydrogens is 617 g/mol. The second-order valence-electron chi connectivity index (χ2n) is 11.1. The van der Waals surface area contributed by atoms with E-state index in [0.717, 1.165) is 32.1 Å². The monoisotopic (exact) mass is 656 g/mol. The van der Waals surface area contributed by atoms with Gasteiger partial charge in [-0.15, -0.1) is 11.8 Å². The molecule has 2 unspecified atom stereocenters. The maximum atomic E-state index is 14.1. The standard InChI is InChI=1S/C33H40N2O8S2/c1-5-7-16-33(6-2)20-35(22-12-9-8-10-13-22)24-17-27(44-4)26(18-28(24)45(40,41)21-33)43-19-29(37)34-30(32(39)42-3)23-14-11-15-25(36)31(23)38/h8-15,17-18,30,36,38H,5-7,16,19-21H2,1-4H3,(H,34,37). The molecule has 0 saturated heterocycles. The summed E-state index contributed by atoms with van der Waals surface area (Å²) >= 11 is 1.35. The molecule has 0 aliphatic carbocycles. The summed E-state index contributed by atoms with van der Waals surface area (Å²) in [5, 5.41) is 22.7. The van der Waals surface area contributed by atoms with Crippen LogP contribution < -0.4 is 15.0 Å². The summed E-state index contributed by atoms with van der Waals surface area (Å²) in [4.78, 5) is 28.4.